The third-order valence-corrected chi connectivity index (χ3v) is 5.00. The first kappa shape index (κ1) is 25.2. The Labute approximate surface area is 174 Å². The van der Waals surface area contributed by atoms with Crippen LogP contribution in [-0.2, 0) is 9.53 Å². The third kappa shape index (κ3) is 14.4. The van der Waals surface area contributed by atoms with Crippen molar-refractivity contribution in [3.8, 4) is 0 Å². The van der Waals surface area contributed by atoms with Crippen molar-refractivity contribution in [1.29, 1.82) is 0 Å². The molecule has 0 aliphatic heterocycles. The molecule has 0 saturated heterocycles. The molecule has 0 radical (unpaired) electrons. The van der Waals surface area contributed by atoms with Crippen LogP contribution < -0.4 is 10.6 Å². The number of halogens is 1. The van der Waals surface area contributed by atoms with Crippen molar-refractivity contribution >= 4 is 42.0 Å². The van der Waals surface area contributed by atoms with Gasteiger partial charge in [-0.3, -0.25) is 9.59 Å². The zero-order chi connectivity index (χ0) is 19.6. The number of hydrogen-bond donors (Lipinski definition) is 2. The molecule has 5 nitrogen and oxygen atoms in total. The van der Waals surface area contributed by atoms with Crippen LogP contribution in [0.25, 0.3) is 0 Å². The molecule has 0 aliphatic carbocycles. The molecule has 0 fully saturated rings. The van der Waals surface area contributed by atoms with E-state index in [-0.39, 0.29) is 11.8 Å². The standard InChI is InChI=1S/C15H21IN2O3S.C4H10/c1-12-2-4-13(5-3-12)15(20)18-8-10-21-9-7-17-14(19)6-11-22-16;1-3-4-2/h2-5H,6-11H2,1H3,(H,17,19)(H,18,20);3-4H2,1-2H3. The first-order valence-electron chi connectivity index (χ1n) is 8.97. The average molecular weight is 494 g/mol. The Bertz CT molecular complexity index is 496. The van der Waals surface area contributed by atoms with E-state index in [9.17, 15) is 9.59 Å². The van der Waals surface area contributed by atoms with Gasteiger partial charge in [-0.2, -0.15) is 0 Å². The van der Waals surface area contributed by atoms with Crippen molar-refractivity contribution in [2.24, 2.45) is 0 Å². The summed E-state index contributed by atoms with van der Waals surface area (Å²) < 4.78 is 5.36. The van der Waals surface area contributed by atoms with Gasteiger partial charge in [0, 0.05) is 30.8 Å². The number of nitrogens with one attached hydrogen (secondary N) is 2. The number of hydrogen-bond acceptors (Lipinski definition) is 4. The summed E-state index contributed by atoms with van der Waals surface area (Å²) in [6, 6.07) is 7.42. The molecule has 0 bridgehead atoms. The van der Waals surface area contributed by atoms with Crippen molar-refractivity contribution in [1.82, 2.24) is 10.6 Å². The minimum absolute atomic E-state index is 0.0421. The van der Waals surface area contributed by atoms with E-state index in [2.05, 4.69) is 45.7 Å². The van der Waals surface area contributed by atoms with E-state index >= 15 is 0 Å². The van der Waals surface area contributed by atoms with Gasteiger partial charge in [-0.25, -0.2) is 0 Å². The quantitative estimate of drug-likeness (QED) is 0.359. The van der Waals surface area contributed by atoms with Crippen LogP contribution in [0.15, 0.2) is 24.3 Å². The molecule has 0 aromatic heterocycles. The van der Waals surface area contributed by atoms with Crippen LogP contribution in [-0.4, -0.2) is 43.9 Å². The molecule has 0 aliphatic rings. The molecule has 2 N–H and O–H groups in total. The predicted molar refractivity (Wildman–Crippen MR) is 119 cm³/mol. The molecule has 1 rings (SSSR count). The summed E-state index contributed by atoms with van der Waals surface area (Å²) in [6.45, 7) is 8.17. The highest BCUT2D eigenvalue weighted by molar-refractivity contribution is 14.2. The monoisotopic (exact) mass is 494 g/mol. The van der Waals surface area contributed by atoms with Crippen molar-refractivity contribution in [2.45, 2.75) is 40.0 Å². The van der Waals surface area contributed by atoms with Crippen LogP contribution in [0.1, 0.15) is 49.0 Å². The maximum Gasteiger partial charge on any atom is 0.251 e. The minimum atomic E-state index is -0.104. The SMILES string of the molecule is CCCC.Cc1ccc(C(=O)NCCOCCNC(=O)CCSI)cc1. The van der Waals surface area contributed by atoms with Gasteiger partial charge in [0.05, 0.1) is 13.2 Å². The lowest BCUT2D eigenvalue weighted by Gasteiger charge is -2.07. The van der Waals surface area contributed by atoms with Gasteiger partial charge < -0.3 is 15.4 Å². The number of carbonyl (C=O) groups excluding carboxylic acids is 2. The zero-order valence-electron chi connectivity index (χ0n) is 16.0. The fourth-order valence-electron chi connectivity index (χ4n) is 1.63. The Balaban J connectivity index is 0.00000141. The normalized spacial score (nSPS) is 9.85. The summed E-state index contributed by atoms with van der Waals surface area (Å²) in [5, 5.41) is 5.57. The van der Waals surface area contributed by atoms with E-state index in [1.165, 1.54) is 12.8 Å². The Hall–Kier alpha value is -0.800. The maximum atomic E-state index is 11.8. The van der Waals surface area contributed by atoms with Crippen LogP contribution in [0, 0.1) is 6.92 Å². The van der Waals surface area contributed by atoms with E-state index < -0.39 is 0 Å². The average Bonchev–Trinajstić information content (AvgIpc) is 2.66. The molecule has 7 heteroatoms. The summed E-state index contributed by atoms with van der Waals surface area (Å²) in [5.74, 6) is 0.756. The smallest absolute Gasteiger partial charge is 0.251 e. The van der Waals surface area contributed by atoms with Crippen LogP contribution in [0.4, 0.5) is 0 Å². The molecule has 0 atom stereocenters. The second-order valence-corrected chi connectivity index (χ2v) is 8.14. The lowest BCUT2D eigenvalue weighted by molar-refractivity contribution is -0.120. The van der Waals surface area contributed by atoms with Crippen molar-refractivity contribution in [3.63, 3.8) is 0 Å². The Morgan fingerprint density at radius 3 is 2.15 bits per heavy atom. The summed E-state index contributed by atoms with van der Waals surface area (Å²) in [7, 11) is 1.62. The Kier molecular flexibility index (Phi) is 17.1. The lowest BCUT2D eigenvalue weighted by Crippen LogP contribution is -2.30. The molecule has 0 unspecified atom stereocenters. The van der Waals surface area contributed by atoms with Crippen LogP contribution >= 0.6 is 30.1 Å². The first-order chi connectivity index (χ1) is 12.5. The fourth-order valence-corrected chi connectivity index (χ4v) is 2.55. The van der Waals surface area contributed by atoms with Crippen molar-refractivity contribution < 1.29 is 14.3 Å². The van der Waals surface area contributed by atoms with Crippen LogP contribution in [0.3, 0.4) is 0 Å². The molecular formula is C19H31IN2O3S. The molecule has 26 heavy (non-hydrogen) atoms. The van der Waals surface area contributed by atoms with E-state index in [0.717, 1.165) is 11.3 Å². The number of benzene rings is 1. The van der Waals surface area contributed by atoms with Crippen LogP contribution in [0.2, 0.25) is 0 Å². The fraction of sp³-hybridized carbons (Fsp3) is 0.579. The van der Waals surface area contributed by atoms with Gasteiger partial charge in [-0.15, -0.1) is 0 Å². The molecular weight excluding hydrogens is 463 g/mol. The highest BCUT2D eigenvalue weighted by Crippen LogP contribution is 2.11. The van der Waals surface area contributed by atoms with Crippen molar-refractivity contribution in [2.75, 3.05) is 32.1 Å². The van der Waals surface area contributed by atoms with Crippen LogP contribution in [0.5, 0.6) is 0 Å². The van der Waals surface area contributed by atoms with Gasteiger partial charge in [0.2, 0.25) is 5.91 Å². The molecule has 0 heterocycles. The summed E-state index contributed by atoms with van der Waals surface area (Å²) in [4.78, 5) is 23.1. The van der Waals surface area contributed by atoms with E-state index in [1.807, 2.05) is 19.1 Å². The highest BCUT2D eigenvalue weighted by atomic mass is 127. The summed E-state index contributed by atoms with van der Waals surface area (Å²) in [6.07, 6.45) is 3.17. The number of unbranched alkanes of at least 4 members (excludes halogenated alkanes) is 1. The van der Waals surface area contributed by atoms with Gasteiger partial charge in [-0.05, 0) is 40.3 Å². The topological polar surface area (TPSA) is 67.4 Å². The van der Waals surface area contributed by atoms with E-state index in [0.29, 0.717) is 38.3 Å². The Morgan fingerprint density at radius 2 is 1.62 bits per heavy atom. The number of carbonyl (C=O) groups is 2. The third-order valence-electron chi connectivity index (χ3n) is 3.32. The second-order valence-electron chi connectivity index (χ2n) is 5.65. The van der Waals surface area contributed by atoms with Gasteiger partial charge in [0.1, 0.15) is 0 Å². The predicted octanol–water partition coefficient (Wildman–Crippen LogP) is 4.14. The molecule has 1 aromatic rings. The van der Waals surface area contributed by atoms with Gasteiger partial charge in [0.15, 0.2) is 0 Å². The zero-order valence-corrected chi connectivity index (χ0v) is 19.0. The molecule has 1 aromatic carbocycles. The summed E-state index contributed by atoms with van der Waals surface area (Å²) in [5.41, 5.74) is 1.77. The molecule has 0 saturated carbocycles. The van der Waals surface area contributed by atoms with Gasteiger partial charge in [0.25, 0.3) is 5.91 Å². The highest BCUT2D eigenvalue weighted by Gasteiger charge is 2.03. The molecule has 2 amide bonds. The molecule has 148 valence electrons. The Morgan fingerprint density at radius 1 is 1.04 bits per heavy atom. The van der Waals surface area contributed by atoms with Gasteiger partial charge in [-0.1, -0.05) is 53.3 Å². The molecule has 0 spiro atoms. The van der Waals surface area contributed by atoms with E-state index in [1.54, 1.807) is 21.1 Å². The number of aryl methyl sites for hydroxylation is 1. The second kappa shape index (κ2) is 17.6. The number of ether oxygens (including phenoxy) is 1. The maximum absolute atomic E-state index is 11.8. The first-order valence-corrected chi connectivity index (χ1v) is 12.5. The number of amides is 2. The largest absolute Gasteiger partial charge is 0.378 e. The van der Waals surface area contributed by atoms with E-state index in [4.69, 9.17) is 4.74 Å². The minimum Gasteiger partial charge on any atom is -0.378 e. The number of rotatable bonds is 11. The van der Waals surface area contributed by atoms with Gasteiger partial charge >= 0.3 is 0 Å². The van der Waals surface area contributed by atoms with Crippen molar-refractivity contribution in [3.05, 3.63) is 35.4 Å². The lowest BCUT2D eigenvalue weighted by atomic mass is 10.1. The summed E-state index contributed by atoms with van der Waals surface area (Å²) >= 11 is 2.17.